The highest BCUT2D eigenvalue weighted by atomic mass is 15.1. The molecule has 0 aromatic rings. The maximum atomic E-state index is 6.03. The highest BCUT2D eigenvalue weighted by Crippen LogP contribution is 2.10. The van der Waals surface area contributed by atoms with Crippen LogP contribution in [0.25, 0.3) is 0 Å². The fourth-order valence-corrected chi connectivity index (χ4v) is 1.93. The van der Waals surface area contributed by atoms with E-state index in [4.69, 9.17) is 5.73 Å². The molecule has 0 amide bonds. The summed E-state index contributed by atoms with van der Waals surface area (Å²) in [5, 5.41) is 6.89. The zero-order chi connectivity index (χ0) is 10.6. The first-order valence-corrected chi connectivity index (χ1v) is 5.66. The Morgan fingerprint density at radius 2 is 2.14 bits per heavy atom. The van der Waals surface area contributed by atoms with Gasteiger partial charge in [-0.05, 0) is 25.8 Å². The van der Waals surface area contributed by atoms with Crippen molar-refractivity contribution < 1.29 is 0 Å². The molecule has 0 bridgehead atoms. The van der Waals surface area contributed by atoms with Crippen LogP contribution in [0.5, 0.6) is 0 Å². The number of rotatable bonds is 3. The normalized spacial score (nSPS) is 33.1. The molecule has 1 rings (SSSR count). The molecule has 3 nitrogen and oxygen atoms in total. The van der Waals surface area contributed by atoms with E-state index in [0.29, 0.717) is 12.1 Å². The summed E-state index contributed by atoms with van der Waals surface area (Å²) in [6, 6.07) is 0.730. The molecule has 0 saturated carbocycles. The number of hydrogen-bond donors (Lipinski definition) is 3. The molecule has 14 heavy (non-hydrogen) atoms. The Balaban J connectivity index is 2.66. The molecule has 0 aromatic heterocycles. The number of nitrogens with two attached hydrogens (primary N) is 1. The van der Waals surface area contributed by atoms with Crippen molar-refractivity contribution >= 4 is 0 Å². The first-order valence-electron chi connectivity index (χ1n) is 5.66. The zero-order valence-electron chi connectivity index (χ0n) is 9.51. The maximum absolute atomic E-state index is 6.03. The molecular weight excluding hydrogens is 174 g/mol. The molecule has 1 heterocycles. The van der Waals surface area contributed by atoms with Crippen LogP contribution in [0.2, 0.25) is 0 Å². The van der Waals surface area contributed by atoms with Crippen molar-refractivity contribution in [1.29, 1.82) is 0 Å². The number of hydrogen-bond acceptors (Lipinski definition) is 3. The Morgan fingerprint density at radius 3 is 2.71 bits per heavy atom. The zero-order valence-corrected chi connectivity index (χ0v) is 9.51. The van der Waals surface area contributed by atoms with E-state index in [-0.39, 0.29) is 6.17 Å². The summed E-state index contributed by atoms with van der Waals surface area (Å²) < 4.78 is 0. The maximum Gasteiger partial charge on any atom is 0.0758 e. The van der Waals surface area contributed by atoms with Crippen molar-refractivity contribution in [3.63, 3.8) is 0 Å². The van der Waals surface area contributed by atoms with E-state index in [2.05, 4.69) is 37.5 Å². The first-order chi connectivity index (χ1) is 6.67. The topological polar surface area (TPSA) is 50.1 Å². The van der Waals surface area contributed by atoms with Crippen LogP contribution in [0.15, 0.2) is 11.8 Å². The van der Waals surface area contributed by atoms with Crippen molar-refractivity contribution in [3.8, 4) is 0 Å². The van der Waals surface area contributed by atoms with E-state index < -0.39 is 0 Å². The van der Waals surface area contributed by atoms with Gasteiger partial charge in [0.15, 0.2) is 0 Å². The average Bonchev–Trinajstić information content (AvgIpc) is 2.25. The molecule has 0 radical (unpaired) electrons. The Kier molecular flexibility index (Phi) is 4.42. The third-order valence-electron chi connectivity index (χ3n) is 2.67. The molecule has 1 aliphatic heterocycles. The molecule has 4 N–H and O–H groups in total. The largest absolute Gasteiger partial charge is 0.383 e. The van der Waals surface area contributed by atoms with Crippen molar-refractivity contribution in [2.45, 2.75) is 58.3 Å². The van der Waals surface area contributed by atoms with Crippen LogP contribution >= 0.6 is 0 Å². The van der Waals surface area contributed by atoms with Crippen LogP contribution in [-0.4, -0.2) is 18.2 Å². The van der Waals surface area contributed by atoms with E-state index in [1.807, 2.05) is 0 Å². The summed E-state index contributed by atoms with van der Waals surface area (Å²) in [6.07, 6.45) is 5.66. The molecular formula is C11H23N3. The van der Waals surface area contributed by atoms with Gasteiger partial charge in [-0.1, -0.05) is 20.3 Å². The molecule has 0 spiro atoms. The quantitative estimate of drug-likeness (QED) is 0.639. The molecule has 0 fully saturated rings. The minimum atomic E-state index is 0.0561. The summed E-state index contributed by atoms with van der Waals surface area (Å²) in [7, 11) is 0. The fraction of sp³-hybridized carbons (Fsp3) is 0.818. The van der Waals surface area contributed by atoms with Crippen LogP contribution in [0.4, 0.5) is 0 Å². The summed E-state index contributed by atoms with van der Waals surface area (Å²) >= 11 is 0. The van der Waals surface area contributed by atoms with Gasteiger partial charge in [-0.3, -0.25) is 5.32 Å². The molecule has 0 saturated heterocycles. The summed E-state index contributed by atoms with van der Waals surface area (Å²) in [5.41, 5.74) is 7.37. The average molecular weight is 197 g/mol. The van der Waals surface area contributed by atoms with E-state index in [9.17, 15) is 0 Å². The Hall–Kier alpha value is -0.540. The van der Waals surface area contributed by atoms with Crippen LogP contribution in [0, 0.1) is 0 Å². The van der Waals surface area contributed by atoms with Gasteiger partial charge in [-0.25, -0.2) is 0 Å². The van der Waals surface area contributed by atoms with Crippen molar-refractivity contribution in [3.05, 3.63) is 11.8 Å². The Morgan fingerprint density at radius 1 is 1.43 bits per heavy atom. The molecule has 3 atom stereocenters. The van der Waals surface area contributed by atoms with Crippen LogP contribution in [-0.2, 0) is 0 Å². The molecule has 0 aliphatic carbocycles. The van der Waals surface area contributed by atoms with E-state index in [1.54, 1.807) is 0 Å². The second-order valence-electron chi connectivity index (χ2n) is 4.08. The molecule has 82 valence electrons. The van der Waals surface area contributed by atoms with Gasteiger partial charge >= 0.3 is 0 Å². The second-order valence-corrected chi connectivity index (χ2v) is 4.08. The standard InChI is InChI=1S/C11H23N3/c1-4-6-9-7-8(3)13-11(12)10(5-2)14-9/h7-8,10-11,13-14H,4-6,12H2,1-3H3. The highest BCUT2D eigenvalue weighted by Gasteiger charge is 2.20. The molecule has 3 heteroatoms. The van der Waals surface area contributed by atoms with Crippen molar-refractivity contribution in [2.75, 3.05) is 0 Å². The van der Waals surface area contributed by atoms with E-state index in [1.165, 1.54) is 12.1 Å². The number of nitrogens with one attached hydrogen (secondary N) is 2. The van der Waals surface area contributed by atoms with Gasteiger partial charge in [0.05, 0.1) is 12.2 Å². The highest BCUT2D eigenvalue weighted by molar-refractivity contribution is 5.09. The Labute approximate surface area is 87.1 Å². The van der Waals surface area contributed by atoms with Gasteiger partial charge in [0.1, 0.15) is 0 Å². The lowest BCUT2D eigenvalue weighted by atomic mass is 10.1. The van der Waals surface area contributed by atoms with Gasteiger partial charge in [-0.2, -0.15) is 0 Å². The van der Waals surface area contributed by atoms with Crippen LogP contribution in [0.3, 0.4) is 0 Å². The van der Waals surface area contributed by atoms with E-state index in [0.717, 1.165) is 12.8 Å². The SMILES string of the molecule is CCCC1=CC(C)NC(N)C(CC)N1. The Bertz CT molecular complexity index is 201. The lowest BCUT2D eigenvalue weighted by Gasteiger charge is -2.24. The van der Waals surface area contributed by atoms with Gasteiger partial charge in [-0.15, -0.1) is 0 Å². The van der Waals surface area contributed by atoms with E-state index >= 15 is 0 Å². The predicted molar refractivity (Wildman–Crippen MR) is 60.8 cm³/mol. The minimum absolute atomic E-state index is 0.0561. The fourth-order valence-electron chi connectivity index (χ4n) is 1.93. The molecule has 0 aromatic carbocycles. The lowest BCUT2D eigenvalue weighted by Crippen LogP contribution is -2.52. The van der Waals surface area contributed by atoms with Crippen molar-refractivity contribution in [2.24, 2.45) is 5.73 Å². The first kappa shape index (κ1) is 11.5. The minimum Gasteiger partial charge on any atom is -0.383 e. The van der Waals surface area contributed by atoms with Gasteiger partial charge in [0, 0.05) is 11.7 Å². The van der Waals surface area contributed by atoms with Crippen LogP contribution < -0.4 is 16.4 Å². The van der Waals surface area contributed by atoms with Gasteiger partial charge in [0.25, 0.3) is 0 Å². The van der Waals surface area contributed by atoms with Crippen molar-refractivity contribution in [1.82, 2.24) is 10.6 Å². The van der Waals surface area contributed by atoms with Gasteiger partial charge in [0.2, 0.25) is 0 Å². The van der Waals surface area contributed by atoms with Crippen LogP contribution in [0.1, 0.15) is 40.0 Å². The summed E-state index contributed by atoms with van der Waals surface area (Å²) in [6.45, 7) is 6.51. The third kappa shape index (κ3) is 3.00. The molecule has 1 aliphatic rings. The monoisotopic (exact) mass is 197 g/mol. The third-order valence-corrected chi connectivity index (χ3v) is 2.67. The summed E-state index contributed by atoms with van der Waals surface area (Å²) in [4.78, 5) is 0. The smallest absolute Gasteiger partial charge is 0.0758 e. The van der Waals surface area contributed by atoms with Gasteiger partial charge < -0.3 is 11.1 Å². The predicted octanol–water partition coefficient (Wildman–Crippen LogP) is 1.32. The molecule has 3 unspecified atom stereocenters. The summed E-state index contributed by atoms with van der Waals surface area (Å²) in [5.74, 6) is 0. The second kappa shape index (κ2) is 5.37. The number of allylic oxidation sites excluding steroid dienone is 1. The lowest BCUT2D eigenvalue weighted by molar-refractivity contribution is 0.388.